The van der Waals surface area contributed by atoms with E-state index in [2.05, 4.69) is 22.4 Å². The number of unbranched alkanes of at least 4 members (excludes halogenated alkanes) is 2. The second-order valence-corrected chi connectivity index (χ2v) is 5.21. The van der Waals surface area contributed by atoms with Gasteiger partial charge in [0, 0.05) is 18.7 Å². The average molecular weight is 276 g/mol. The van der Waals surface area contributed by atoms with Gasteiger partial charge in [0.15, 0.2) is 0 Å². The lowest BCUT2D eigenvalue weighted by atomic mass is 10.1. The molecule has 0 fully saturated rings. The van der Waals surface area contributed by atoms with Crippen LogP contribution in [0.4, 0.5) is 5.82 Å². The van der Waals surface area contributed by atoms with Gasteiger partial charge in [0.05, 0.1) is 6.61 Å². The molecule has 2 rings (SSSR count). The van der Waals surface area contributed by atoms with E-state index in [9.17, 15) is 4.79 Å². The highest BCUT2D eigenvalue weighted by Gasteiger charge is 2.10. The highest BCUT2D eigenvalue weighted by atomic mass is 16.5. The minimum atomic E-state index is -0.0800. The van der Waals surface area contributed by atoms with Gasteiger partial charge in [-0.05, 0) is 50.7 Å². The van der Waals surface area contributed by atoms with E-state index in [0.717, 1.165) is 50.2 Å². The third-order valence-corrected chi connectivity index (χ3v) is 3.57. The van der Waals surface area contributed by atoms with Gasteiger partial charge in [-0.25, -0.2) is 4.98 Å². The third kappa shape index (κ3) is 4.51. The zero-order chi connectivity index (χ0) is 14.2. The molecule has 0 aromatic carbocycles. The van der Waals surface area contributed by atoms with Crippen molar-refractivity contribution in [3.8, 4) is 0 Å². The van der Waals surface area contributed by atoms with Crippen molar-refractivity contribution < 1.29 is 9.53 Å². The van der Waals surface area contributed by atoms with Crippen molar-refractivity contribution in [3.63, 3.8) is 0 Å². The summed E-state index contributed by atoms with van der Waals surface area (Å²) in [4.78, 5) is 15.9. The summed E-state index contributed by atoms with van der Waals surface area (Å²) in [5.41, 5.74) is 2.48. The van der Waals surface area contributed by atoms with Gasteiger partial charge >= 0.3 is 5.97 Å². The van der Waals surface area contributed by atoms with Crippen LogP contribution in [0, 0.1) is 0 Å². The van der Waals surface area contributed by atoms with Gasteiger partial charge in [0.1, 0.15) is 5.82 Å². The number of esters is 1. The molecule has 0 bridgehead atoms. The van der Waals surface area contributed by atoms with E-state index >= 15 is 0 Å². The molecule has 0 aliphatic carbocycles. The van der Waals surface area contributed by atoms with Crippen LogP contribution in [-0.2, 0) is 22.4 Å². The zero-order valence-corrected chi connectivity index (χ0v) is 12.3. The van der Waals surface area contributed by atoms with Crippen LogP contribution < -0.4 is 5.32 Å². The number of rotatable bonds is 7. The standard InChI is InChI=1S/C16H24N2O2/c1-2-20-15(19)9-5-3-4-8-14-11-10-13-7-6-12-17-16(13)18-14/h10-11H,2-9,12H2,1H3,(H,17,18). The summed E-state index contributed by atoms with van der Waals surface area (Å²) in [6, 6.07) is 4.33. The molecule has 20 heavy (non-hydrogen) atoms. The molecular formula is C16H24N2O2. The Balaban J connectivity index is 1.68. The molecule has 1 aromatic heterocycles. The Bertz CT molecular complexity index is 446. The number of ether oxygens (including phenoxy) is 1. The molecule has 1 aromatic rings. The number of nitrogens with zero attached hydrogens (tertiary/aromatic N) is 1. The van der Waals surface area contributed by atoms with Crippen LogP contribution in [0.2, 0.25) is 0 Å². The van der Waals surface area contributed by atoms with Crippen molar-refractivity contribution in [2.24, 2.45) is 0 Å². The molecule has 110 valence electrons. The highest BCUT2D eigenvalue weighted by molar-refractivity contribution is 5.69. The Labute approximate surface area is 120 Å². The van der Waals surface area contributed by atoms with E-state index in [0.29, 0.717) is 13.0 Å². The van der Waals surface area contributed by atoms with Crippen LogP contribution in [0.3, 0.4) is 0 Å². The Morgan fingerprint density at radius 1 is 1.35 bits per heavy atom. The lowest BCUT2D eigenvalue weighted by Crippen LogP contribution is -2.14. The number of aromatic nitrogens is 1. The molecule has 0 atom stereocenters. The Kier molecular flexibility index (Phi) is 5.84. The number of hydrogen-bond donors (Lipinski definition) is 1. The number of anilines is 1. The van der Waals surface area contributed by atoms with E-state index in [4.69, 9.17) is 4.74 Å². The van der Waals surface area contributed by atoms with Crippen LogP contribution in [0.5, 0.6) is 0 Å². The normalized spacial score (nSPS) is 13.4. The topological polar surface area (TPSA) is 51.2 Å². The first-order chi connectivity index (χ1) is 9.79. The predicted molar refractivity (Wildman–Crippen MR) is 79.9 cm³/mol. The molecule has 0 amide bonds. The van der Waals surface area contributed by atoms with Crippen molar-refractivity contribution >= 4 is 11.8 Å². The number of nitrogens with one attached hydrogen (secondary N) is 1. The second kappa shape index (κ2) is 7.88. The minimum Gasteiger partial charge on any atom is -0.466 e. The van der Waals surface area contributed by atoms with E-state index < -0.39 is 0 Å². The third-order valence-electron chi connectivity index (χ3n) is 3.57. The molecule has 1 aliphatic heterocycles. The van der Waals surface area contributed by atoms with E-state index in [1.54, 1.807) is 0 Å². The van der Waals surface area contributed by atoms with Crippen LogP contribution in [0.15, 0.2) is 12.1 Å². The summed E-state index contributed by atoms with van der Waals surface area (Å²) in [5.74, 6) is 0.990. The van der Waals surface area contributed by atoms with Gasteiger partial charge in [-0.2, -0.15) is 0 Å². The van der Waals surface area contributed by atoms with Crippen LogP contribution in [0.25, 0.3) is 0 Å². The molecular weight excluding hydrogens is 252 g/mol. The maximum absolute atomic E-state index is 11.2. The number of carbonyl (C=O) groups is 1. The Morgan fingerprint density at radius 3 is 3.10 bits per heavy atom. The zero-order valence-electron chi connectivity index (χ0n) is 12.3. The van der Waals surface area contributed by atoms with Gasteiger partial charge in [-0.15, -0.1) is 0 Å². The first-order valence-electron chi connectivity index (χ1n) is 7.68. The molecule has 0 saturated heterocycles. The molecule has 0 unspecified atom stereocenters. The number of carbonyl (C=O) groups excluding carboxylic acids is 1. The highest BCUT2D eigenvalue weighted by Crippen LogP contribution is 2.20. The molecule has 0 radical (unpaired) electrons. The molecule has 0 spiro atoms. The van der Waals surface area contributed by atoms with Crippen molar-refractivity contribution in [1.82, 2.24) is 4.98 Å². The lowest BCUT2D eigenvalue weighted by Gasteiger charge is -2.17. The maximum Gasteiger partial charge on any atom is 0.305 e. The lowest BCUT2D eigenvalue weighted by molar-refractivity contribution is -0.143. The van der Waals surface area contributed by atoms with Crippen molar-refractivity contribution in [1.29, 1.82) is 0 Å². The summed E-state index contributed by atoms with van der Waals surface area (Å²) in [6.45, 7) is 3.35. The molecule has 0 saturated carbocycles. The summed E-state index contributed by atoms with van der Waals surface area (Å²) in [6.07, 6.45) is 6.88. The fraction of sp³-hybridized carbons (Fsp3) is 0.625. The molecule has 4 heteroatoms. The van der Waals surface area contributed by atoms with E-state index in [1.165, 1.54) is 12.0 Å². The SMILES string of the molecule is CCOC(=O)CCCCCc1ccc2c(n1)NCCC2. The van der Waals surface area contributed by atoms with Gasteiger partial charge in [-0.3, -0.25) is 4.79 Å². The fourth-order valence-electron chi connectivity index (χ4n) is 2.49. The largest absolute Gasteiger partial charge is 0.466 e. The van der Waals surface area contributed by atoms with E-state index in [-0.39, 0.29) is 5.97 Å². The second-order valence-electron chi connectivity index (χ2n) is 5.21. The minimum absolute atomic E-state index is 0.0800. The summed E-state index contributed by atoms with van der Waals surface area (Å²) in [5, 5.41) is 3.36. The summed E-state index contributed by atoms with van der Waals surface area (Å²) >= 11 is 0. The predicted octanol–water partition coefficient (Wildman–Crippen LogP) is 3.11. The number of pyridine rings is 1. The molecule has 1 N–H and O–H groups in total. The smallest absolute Gasteiger partial charge is 0.305 e. The molecule has 1 aliphatic rings. The fourth-order valence-corrected chi connectivity index (χ4v) is 2.49. The van der Waals surface area contributed by atoms with Gasteiger partial charge in [0.25, 0.3) is 0 Å². The van der Waals surface area contributed by atoms with Crippen molar-refractivity contribution in [2.75, 3.05) is 18.5 Å². The number of fused-ring (bicyclic) bond motifs is 1. The summed E-state index contributed by atoms with van der Waals surface area (Å²) < 4.78 is 4.91. The monoisotopic (exact) mass is 276 g/mol. The Hall–Kier alpha value is -1.58. The maximum atomic E-state index is 11.2. The summed E-state index contributed by atoms with van der Waals surface area (Å²) in [7, 11) is 0. The first kappa shape index (κ1) is 14.8. The first-order valence-corrected chi connectivity index (χ1v) is 7.68. The van der Waals surface area contributed by atoms with Gasteiger partial charge in [-0.1, -0.05) is 12.5 Å². The van der Waals surface area contributed by atoms with Crippen molar-refractivity contribution in [2.45, 2.75) is 51.9 Å². The number of hydrogen-bond acceptors (Lipinski definition) is 4. The van der Waals surface area contributed by atoms with Crippen LogP contribution in [0.1, 0.15) is 50.3 Å². The van der Waals surface area contributed by atoms with Crippen LogP contribution >= 0.6 is 0 Å². The van der Waals surface area contributed by atoms with Crippen LogP contribution in [-0.4, -0.2) is 24.1 Å². The van der Waals surface area contributed by atoms with E-state index in [1.807, 2.05) is 6.92 Å². The Morgan fingerprint density at radius 2 is 2.25 bits per heavy atom. The average Bonchev–Trinajstić information content (AvgIpc) is 2.47. The van der Waals surface area contributed by atoms with Crippen molar-refractivity contribution in [3.05, 3.63) is 23.4 Å². The quantitative estimate of drug-likeness (QED) is 0.614. The number of aryl methyl sites for hydroxylation is 2. The van der Waals surface area contributed by atoms with Gasteiger partial charge < -0.3 is 10.1 Å². The van der Waals surface area contributed by atoms with Gasteiger partial charge in [0.2, 0.25) is 0 Å². The molecule has 2 heterocycles. The molecule has 4 nitrogen and oxygen atoms in total.